The lowest BCUT2D eigenvalue weighted by molar-refractivity contribution is -0.121. The monoisotopic (exact) mass is 360 g/mol. The lowest BCUT2D eigenvalue weighted by atomic mass is 9.48. The van der Waals surface area contributed by atoms with Gasteiger partial charge in [0.1, 0.15) is 0 Å². The fourth-order valence-corrected chi connectivity index (χ4v) is 6.29. The number of halogens is 1. The standard InChI is InChI=1S/C21H29ClN2O/c1-14(21-9-16-5-17(10-21)7-18(6-16)11-21)23-13-20(25)24-12-15-3-2-4-19(22)8-15/h2-4,8,14,16-18,23H,5-7,9-13H2,1H3,(H,24,25)/t14-,16?,17?,18?,21?/m0/s1. The summed E-state index contributed by atoms with van der Waals surface area (Å²) >= 11 is 5.99. The topological polar surface area (TPSA) is 41.1 Å². The number of carbonyl (C=O) groups is 1. The summed E-state index contributed by atoms with van der Waals surface area (Å²) in [6.45, 7) is 3.24. The van der Waals surface area contributed by atoms with Gasteiger partial charge in [0.05, 0.1) is 6.54 Å². The van der Waals surface area contributed by atoms with Crippen LogP contribution in [0.2, 0.25) is 5.02 Å². The molecule has 5 rings (SSSR count). The van der Waals surface area contributed by atoms with Gasteiger partial charge in [-0.25, -0.2) is 0 Å². The van der Waals surface area contributed by atoms with E-state index in [1.807, 2.05) is 24.3 Å². The average Bonchev–Trinajstić information content (AvgIpc) is 2.56. The lowest BCUT2D eigenvalue weighted by Crippen LogP contribution is -2.55. The Morgan fingerprint density at radius 1 is 1.20 bits per heavy atom. The van der Waals surface area contributed by atoms with Crippen molar-refractivity contribution < 1.29 is 4.79 Å². The minimum Gasteiger partial charge on any atom is -0.351 e. The maximum Gasteiger partial charge on any atom is 0.234 e. The molecule has 3 nitrogen and oxygen atoms in total. The minimum atomic E-state index is 0.0663. The highest BCUT2D eigenvalue weighted by Gasteiger charge is 2.52. The molecule has 2 N–H and O–H groups in total. The summed E-state index contributed by atoms with van der Waals surface area (Å²) < 4.78 is 0. The molecule has 4 saturated carbocycles. The van der Waals surface area contributed by atoms with E-state index >= 15 is 0 Å². The van der Waals surface area contributed by atoms with Gasteiger partial charge in [-0.05, 0) is 86.3 Å². The van der Waals surface area contributed by atoms with Crippen LogP contribution in [-0.2, 0) is 11.3 Å². The molecule has 0 radical (unpaired) electrons. The smallest absolute Gasteiger partial charge is 0.234 e. The fourth-order valence-electron chi connectivity index (χ4n) is 6.08. The van der Waals surface area contributed by atoms with Gasteiger partial charge in [-0.2, -0.15) is 0 Å². The number of benzene rings is 1. The van der Waals surface area contributed by atoms with E-state index in [0.29, 0.717) is 29.6 Å². The van der Waals surface area contributed by atoms with Crippen LogP contribution >= 0.6 is 11.6 Å². The van der Waals surface area contributed by atoms with Crippen molar-refractivity contribution in [3.8, 4) is 0 Å². The van der Waals surface area contributed by atoms with E-state index in [0.717, 1.165) is 23.3 Å². The molecule has 136 valence electrons. The second-order valence-corrected chi connectivity index (χ2v) is 9.23. The highest BCUT2D eigenvalue weighted by molar-refractivity contribution is 6.30. The van der Waals surface area contributed by atoms with Crippen molar-refractivity contribution in [2.24, 2.45) is 23.2 Å². The molecule has 4 heteroatoms. The zero-order valence-electron chi connectivity index (χ0n) is 15.1. The summed E-state index contributed by atoms with van der Waals surface area (Å²) in [5.74, 6) is 2.92. The Hall–Kier alpha value is -1.06. The molecule has 4 bridgehead atoms. The summed E-state index contributed by atoms with van der Waals surface area (Å²) in [5.41, 5.74) is 1.48. The first-order valence-corrected chi connectivity index (χ1v) is 10.1. The van der Waals surface area contributed by atoms with E-state index in [9.17, 15) is 4.79 Å². The van der Waals surface area contributed by atoms with Crippen molar-refractivity contribution in [3.63, 3.8) is 0 Å². The van der Waals surface area contributed by atoms with Gasteiger partial charge in [-0.3, -0.25) is 4.79 Å². The zero-order valence-corrected chi connectivity index (χ0v) is 15.8. The van der Waals surface area contributed by atoms with E-state index in [-0.39, 0.29) is 5.91 Å². The van der Waals surface area contributed by atoms with Crippen molar-refractivity contribution in [1.82, 2.24) is 10.6 Å². The third-order valence-corrected chi connectivity index (χ3v) is 7.19. The second-order valence-electron chi connectivity index (χ2n) is 8.79. The van der Waals surface area contributed by atoms with E-state index in [1.165, 1.54) is 38.5 Å². The molecule has 4 fully saturated rings. The second kappa shape index (κ2) is 6.92. The van der Waals surface area contributed by atoms with Gasteiger partial charge >= 0.3 is 0 Å². The first-order valence-electron chi connectivity index (χ1n) is 9.77. The van der Waals surface area contributed by atoms with E-state index < -0.39 is 0 Å². The van der Waals surface area contributed by atoms with Crippen LogP contribution in [-0.4, -0.2) is 18.5 Å². The summed E-state index contributed by atoms with van der Waals surface area (Å²) in [7, 11) is 0. The van der Waals surface area contributed by atoms with Gasteiger partial charge in [0, 0.05) is 17.6 Å². The van der Waals surface area contributed by atoms with Crippen LogP contribution in [0.5, 0.6) is 0 Å². The first kappa shape index (κ1) is 17.4. The molecular weight excluding hydrogens is 332 g/mol. The van der Waals surface area contributed by atoms with Crippen molar-refractivity contribution in [2.45, 2.75) is 58.0 Å². The Morgan fingerprint density at radius 2 is 1.84 bits per heavy atom. The van der Waals surface area contributed by atoms with Crippen LogP contribution in [0.1, 0.15) is 51.0 Å². The molecule has 25 heavy (non-hydrogen) atoms. The van der Waals surface area contributed by atoms with Crippen LogP contribution in [0.4, 0.5) is 0 Å². The highest BCUT2D eigenvalue weighted by atomic mass is 35.5. The maximum atomic E-state index is 12.2. The lowest BCUT2D eigenvalue weighted by Gasteiger charge is -2.59. The summed E-state index contributed by atoms with van der Waals surface area (Å²) in [6.07, 6.45) is 8.51. The molecule has 4 aliphatic rings. The van der Waals surface area contributed by atoms with Gasteiger partial charge in [0.25, 0.3) is 0 Å². The zero-order chi connectivity index (χ0) is 17.4. The third-order valence-electron chi connectivity index (χ3n) is 6.95. The van der Waals surface area contributed by atoms with Crippen molar-refractivity contribution in [1.29, 1.82) is 0 Å². The maximum absolute atomic E-state index is 12.2. The predicted octanol–water partition coefficient (Wildman–Crippen LogP) is 4.15. The molecule has 4 aliphatic carbocycles. The summed E-state index contributed by atoms with van der Waals surface area (Å²) in [5, 5.41) is 7.25. The van der Waals surface area contributed by atoms with Crippen LogP contribution in [0.3, 0.4) is 0 Å². The quantitative estimate of drug-likeness (QED) is 0.800. The number of carbonyl (C=O) groups excluding carboxylic acids is 1. The van der Waals surface area contributed by atoms with Crippen molar-refractivity contribution in [3.05, 3.63) is 34.9 Å². The highest BCUT2D eigenvalue weighted by Crippen LogP contribution is 2.61. The molecule has 1 aromatic carbocycles. The van der Waals surface area contributed by atoms with Gasteiger partial charge in [-0.1, -0.05) is 23.7 Å². The largest absolute Gasteiger partial charge is 0.351 e. The first-order chi connectivity index (χ1) is 12.0. The molecular formula is C21H29ClN2O. The summed E-state index contributed by atoms with van der Waals surface area (Å²) in [6, 6.07) is 8.07. The average molecular weight is 361 g/mol. The van der Waals surface area contributed by atoms with Crippen LogP contribution in [0.15, 0.2) is 24.3 Å². The SMILES string of the molecule is C[C@H](NCC(=O)NCc1cccc(Cl)c1)C12CC3CC(CC(C3)C1)C2. The predicted molar refractivity (Wildman–Crippen MR) is 101 cm³/mol. The van der Waals surface area contributed by atoms with Gasteiger partial charge < -0.3 is 10.6 Å². The van der Waals surface area contributed by atoms with Gasteiger partial charge in [0.2, 0.25) is 5.91 Å². The van der Waals surface area contributed by atoms with E-state index in [4.69, 9.17) is 11.6 Å². The summed E-state index contributed by atoms with van der Waals surface area (Å²) in [4.78, 5) is 12.2. The molecule has 0 heterocycles. The van der Waals surface area contributed by atoms with Crippen LogP contribution in [0.25, 0.3) is 0 Å². The number of hydrogen-bond donors (Lipinski definition) is 2. The molecule has 1 aromatic rings. The number of rotatable bonds is 6. The molecule has 0 spiro atoms. The Balaban J connectivity index is 1.27. The Kier molecular flexibility index (Phi) is 4.81. The third kappa shape index (κ3) is 3.73. The van der Waals surface area contributed by atoms with Crippen LogP contribution < -0.4 is 10.6 Å². The van der Waals surface area contributed by atoms with Crippen LogP contribution in [0, 0.1) is 23.2 Å². The Morgan fingerprint density at radius 3 is 2.44 bits per heavy atom. The minimum absolute atomic E-state index is 0.0663. The van der Waals surface area contributed by atoms with Crippen molar-refractivity contribution >= 4 is 17.5 Å². The molecule has 0 aliphatic heterocycles. The van der Waals surface area contributed by atoms with Gasteiger partial charge in [-0.15, -0.1) is 0 Å². The Bertz CT molecular complexity index is 609. The normalized spacial score (nSPS) is 34.1. The number of amides is 1. The van der Waals surface area contributed by atoms with E-state index in [1.54, 1.807) is 0 Å². The molecule has 0 unspecified atom stereocenters. The Labute approximate surface area is 155 Å². The van der Waals surface area contributed by atoms with Gasteiger partial charge in [0.15, 0.2) is 0 Å². The molecule has 1 atom stereocenters. The molecule has 0 saturated heterocycles. The molecule has 1 amide bonds. The van der Waals surface area contributed by atoms with Crippen molar-refractivity contribution in [2.75, 3.05) is 6.54 Å². The van der Waals surface area contributed by atoms with E-state index in [2.05, 4.69) is 17.6 Å². The number of hydrogen-bond acceptors (Lipinski definition) is 2. The number of nitrogens with one attached hydrogen (secondary N) is 2. The molecule has 0 aromatic heterocycles. The fraction of sp³-hybridized carbons (Fsp3) is 0.667.